The molecule has 3 rings (SSSR count). The molecule has 2 aliphatic heterocycles. The molecule has 1 amide bonds. The second kappa shape index (κ2) is 7.21. The largest absolute Gasteiger partial charge is 0.356 e. The van der Waals surface area contributed by atoms with E-state index >= 15 is 0 Å². The first-order valence-corrected chi connectivity index (χ1v) is 9.16. The molecule has 0 spiro atoms. The molecule has 0 aliphatic carbocycles. The molecule has 1 aromatic rings. The summed E-state index contributed by atoms with van der Waals surface area (Å²) in [5.41, 5.74) is 6.20. The van der Waals surface area contributed by atoms with Gasteiger partial charge < -0.3 is 15.6 Å². The second-order valence-corrected chi connectivity index (χ2v) is 7.95. The van der Waals surface area contributed by atoms with Crippen molar-refractivity contribution in [2.45, 2.75) is 36.6 Å². The van der Waals surface area contributed by atoms with E-state index in [0.717, 1.165) is 38.8 Å². The first-order chi connectivity index (χ1) is 10.5. The van der Waals surface area contributed by atoms with Gasteiger partial charge in [0.1, 0.15) is 10.6 Å². The molecule has 2 saturated heterocycles. The van der Waals surface area contributed by atoms with Gasteiger partial charge in [-0.2, -0.15) is 4.31 Å². The van der Waals surface area contributed by atoms with Crippen LogP contribution in [0.3, 0.4) is 0 Å². The summed E-state index contributed by atoms with van der Waals surface area (Å²) >= 11 is 0. The van der Waals surface area contributed by atoms with Crippen LogP contribution in [0.1, 0.15) is 36.2 Å². The minimum atomic E-state index is -3.58. The van der Waals surface area contributed by atoms with E-state index in [-0.39, 0.29) is 29.3 Å². The predicted octanol–water partition coefficient (Wildman–Crippen LogP) is 0.784. The molecule has 0 radical (unpaired) electrons. The molecule has 23 heavy (non-hydrogen) atoms. The van der Waals surface area contributed by atoms with Crippen LogP contribution in [0, 0.1) is 0 Å². The quantitative estimate of drug-likeness (QED) is 0.830. The number of hydrogen-bond acceptors (Lipinski definition) is 4. The third kappa shape index (κ3) is 3.71. The van der Waals surface area contributed by atoms with Gasteiger partial charge in [0.15, 0.2) is 0 Å². The lowest BCUT2D eigenvalue weighted by atomic mass is 10.1. The van der Waals surface area contributed by atoms with Gasteiger partial charge >= 0.3 is 0 Å². The van der Waals surface area contributed by atoms with E-state index in [9.17, 15) is 13.2 Å². The van der Waals surface area contributed by atoms with Gasteiger partial charge in [-0.15, -0.1) is 12.4 Å². The molecular formula is C14H23ClN4O3S. The number of aromatic nitrogens is 1. The van der Waals surface area contributed by atoms with Crippen molar-refractivity contribution in [1.82, 2.24) is 14.2 Å². The number of amides is 1. The Hall–Kier alpha value is -1.09. The summed E-state index contributed by atoms with van der Waals surface area (Å²) < 4.78 is 26.6. The Morgan fingerprint density at radius 2 is 1.91 bits per heavy atom. The molecule has 0 aromatic carbocycles. The predicted molar refractivity (Wildman–Crippen MR) is 89.1 cm³/mol. The lowest BCUT2D eigenvalue weighted by molar-refractivity contribution is 0.0787. The summed E-state index contributed by atoms with van der Waals surface area (Å²) in [6.45, 7) is 2.29. The maximum Gasteiger partial charge on any atom is 0.270 e. The Morgan fingerprint density at radius 3 is 2.57 bits per heavy atom. The molecular weight excluding hydrogens is 340 g/mol. The van der Waals surface area contributed by atoms with Crippen LogP contribution in [0.25, 0.3) is 0 Å². The highest BCUT2D eigenvalue weighted by Crippen LogP contribution is 2.22. The Morgan fingerprint density at radius 1 is 1.22 bits per heavy atom. The van der Waals surface area contributed by atoms with E-state index < -0.39 is 10.0 Å². The van der Waals surface area contributed by atoms with Gasteiger partial charge in [0.05, 0.1) is 0 Å². The normalized spacial score (nSPS) is 22.8. The third-order valence-electron chi connectivity index (χ3n) is 4.34. The van der Waals surface area contributed by atoms with Crippen LogP contribution in [-0.2, 0) is 10.0 Å². The SMILES string of the molecule is Cl.NC1CCCN(S(=O)(=O)c2c[nH]c(C(=O)N3CCCC3)c2)C1. The minimum Gasteiger partial charge on any atom is -0.356 e. The van der Waals surface area contributed by atoms with E-state index in [2.05, 4.69) is 4.98 Å². The number of piperidine rings is 1. The zero-order chi connectivity index (χ0) is 15.7. The Kier molecular flexibility index (Phi) is 5.72. The van der Waals surface area contributed by atoms with Crippen LogP contribution in [0.15, 0.2) is 17.2 Å². The Bertz CT molecular complexity index is 655. The molecule has 2 aliphatic rings. The van der Waals surface area contributed by atoms with Gasteiger partial charge in [-0.05, 0) is 31.7 Å². The fraction of sp³-hybridized carbons (Fsp3) is 0.643. The van der Waals surface area contributed by atoms with E-state index in [4.69, 9.17) is 5.73 Å². The Labute approximate surface area is 142 Å². The number of carbonyl (C=O) groups is 1. The number of halogens is 1. The van der Waals surface area contributed by atoms with E-state index in [1.165, 1.54) is 16.6 Å². The van der Waals surface area contributed by atoms with Crippen molar-refractivity contribution in [2.24, 2.45) is 5.73 Å². The standard InChI is InChI=1S/C14H22N4O3S.ClH/c15-11-4-3-7-18(10-11)22(20,21)12-8-13(16-9-12)14(19)17-5-1-2-6-17;/h8-9,11,16H,1-7,10,15H2;1H. The van der Waals surface area contributed by atoms with Crippen LogP contribution < -0.4 is 5.73 Å². The highest BCUT2D eigenvalue weighted by atomic mass is 35.5. The number of carbonyl (C=O) groups excluding carboxylic acids is 1. The van der Waals surface area contributed by atoms with Crippen LogP contribution in [-0.4, -0.2) is 60.7 Å². The van der Waals surface area contributed by atoms with Crippen molar-refractivity contribution in [2.75, 3.05) is 26.2 Å². The summed E-state index contributed by atoms with van der Waals surface area (Å²) in [4.78, 5) is 17.0. The number of nitrogens with two attached hydrogens (primary N) is 1. The summed E-state index contributed by atoms with van der Waals surface area (Å²) in [6, 6.07) is 1.32. The van der Waals surface area contributed by atoms with Gasteiger partial charge in [-0.25, -0.2) is 8.42 Å². The molecule has 3 heterocycles. The molecule has 3 N–H and O–H groups in total. The molecule has 9 heteroatoms. The van der Waals surface area contributed by atoms with E-state index in [1.807, 2.05) is 0 Å². The average molecular weight is 363 g/mol. The van der Waals surface area contributed by atoms with Gasteiger partial charge in [-0.1, -0.05) is 0 Å². The number of rotatable bonds is 3. The van der Waals surface area contributed by atoms with E-state index in [0.29, 0.717) is 18.8 Å². The number of aromatic amines is 1. The van der Waals surface area contributed by atoms with Crippen LogP contribution in [0.5, 0.6) is 0 Å². The molecule has 130 valence electrons. The van der Waals surface area contributed by atoms with Crippen LogP contribution in [0.4, 0.5) is 0 Å². The maximum atomic E-state index is 12.6. The van der Waals surface area contributed by atoms with Crippen LogP contribution >= 0.6 is 12.4 Å². The molecule has 1 unspecified atom stereocenters. The molecule has 0 saturated carbocycles. The molecule has 1 atom stereocenters. The van der Waals surface area contributed by atoms with Gasteiger partial charge in [-0.3, -0.25) is 4.79 Å². The average Bonchev–Trinajstić information content (AvgIpc) is 3.18. The van der Waals surface area contributed by atoms with Crippen molar-refractivity contribution in [1.29, 1.82) is 0 Å². The van der Waals surface area contributed by atoms with Gasteiger partial charge in [0, 0.05) is 38.4 Å². The van der Waals surface area contributed by atoms with Gasteiger partial charge in [0.2, 0.25) is 10.0 Å². The second-order valence-electron chi connectivity index (χ2n) is 6.01. The first-order valence-electron chi connectivity index (χ1n) is 7.72. The van der Waals surface area contributed by atoms with Crippen molar-refractivity contribution in [3.8, 4) is 0 Å². The molecule has 1 aromatic heterocycles. The number of H-pyrrole nitrogens is 1. The highest BCUT2D eigenvalue weighted by molar-refractivity contribution is 7.89. The first kappa shape index (κ1) is 18.3. The number of likely N-dealkylation sites (tertiary alicyclic amines) is 1. The molecule has 7 nitrogen and oxygen atoms in total. The summed E-state index contributed by atoms with van der Waals surface area (Å²) in [5, 5.41) is 0. The number of hydrogen-bond donors (Lipinski definition) is 2. The fourth-order valence-electron chi connectivity index (χ4n) is 3.08. The van der Waals surface area contributed by atoms with Crippen molar-refractivity contribution in [3.05, 3.63) is 18.0 Å². The lowest BCUT2D eigenvalue weighted by Gasteiger charge is -2.29. The van der Waals surface area contributed by atoms with Crippen molar-refractivity contribution < 1.29 is 13.2 Å². The zero-order valence-electron chi connectivity index (χ0n) is 12.9. The molecule has 2 fully saturated rings. The summed E-state index contributed by atoms with van der Waals surface area (Å²) in [7, 11) is -3.58. The molecule has 0 bridgehead atoms. The topological polar surface area (TPSA) is 99.5 Å². The number of nitrogens with zero attached hydrogens (tertiary/aromatic N) is 2. The zero-order valence-corrected chi connectivity index (χ0v) is 14.5. The Balaban J connectivity index is 0.00000192. The van der Waals surface area contributed by atoms with Crippen LogP contribution in [0.2, 0.25) is 0 Å². The minimum absolute atomic E-state index is 0. The van der Waals surface area contributed by atoms with Crippen molar-refractivity contribution >= 4 is 28.3 Å². The van der Waals surface area contributed by atoms with Crippen molar-refractivity contribution in [3.63, 3.8) is 0 Å². The number of sulfonamides is 1. The summed E-state index contributed by atoms with van der Waals surface area (Å²) in [6.07, 6.45) is 5.02. The van der Waals surface area contributed by atoms with Gasteiger partial charge in [0.25, 0.3) is 5.91 Å². The third-order valence-corrected chi connectivity index (χ3v) is 6.18. The fourth-order valence-corrected chi connectivity index (χ4v) is 4.61. The highest BCUT2D eigenvalue weighted by Gasteiger charge is 2.30. The monoisotopic (exact) mass is 362 g/mol. The summed E-state index contributed by atoms with van der Waals surface area (Å²) in [5.74, 6) is -0.130. The smallest absolute Gasteiger partial charge is 0.270 e. The number of nitrogens with one attached hydrogen (secondary N) is 1. The lowest BCUT2D eigenvalue weighted by Crippen LogP contribution is -2.45. The maximum absolute atomic E-state index is 12.6. The van der Waals surface area contributed by atoms with E-state index in [1.54, 1.807) is 4.90 Å².